The third-order valence-electron chi connectivity index (χ3n) is 9.68. The molecule has 0 bridgehead atoms. The lowest BCUT2D eigenvalue weighted by molar-refractivity contribution is 0.118. The molecule has 212 valence electrons. The van der Waals surface area contributed by atoms with Crippen LogP contribution in [-0.4, -0.2) is 58.8 Å². The number of hydrogen-bond donors (Lipinski definition) is 1. The van der Waals surface area contributed by atoms with E-state index >= 15 is 0 Å². The monoisotopic (exact) mass is 551 g/mol. The van der Waals surface area contributed by atoms with Crippen molar-refractivity contribution >= 4 is 6.09 Å². The van der Waals surface area contributed by atoms with E-state index in [1.165, 1.54) is 54.2 Å². The van der Waals surface area contributed by atoms with Gasteiger partial charge in [-0.3, -0.25) is 4.90 Å². The smallest absolute Gasteiger partial charge is 0.409 e. The van der Waals surface area contributed by atoms with Crippen LogP contribution in [0.1, 0.15) is 89.2 Å². The Labute approximate surface area is 241 Å². The molecule has 2 aromatic carbocycles. The number of nitriles is 1. The van der Waals surface area contributed by atoms with E-state index in [0.29, 0.717) is 24.9 Å². The molecule has 1 amide bonds. The highest BCUT2D eigenvalue weighted by molar-refractivity contribution is 5.69. The van der Waals surface area contributed by atoms with Crippen LogP contribution >= 0.6 is 0 Å². The number of amides is 1. The number of fused-ring (bicyclic) bond motifs is 1. The molecule has 3 fully saturated rings. The van der Waals surface area contributed by atoms with E-state index in [9.17, 15) is 4.79 Å². The van der Waals surface area contributed by atoms with E-state index < -0.39 is 0 Å². The molecule has 0 spiro atoms. The first kappa shape index (κ1) is 26.2. The molecule has 1 N–H and O–H groups in total. The summed E-state index contributed by atoms with van der Waals surface area (Å²) in [6.45, 7) is 5.37. The molecule has 3 aliphatic heterocycles. The molecule has 41 heavy (non-hydrogen) atoms. The van der Waals surface area contributed by atoms with E-state index in [4.69, 9.17) is 19.7 Å². The predicted octanol–water partition coefficient (Wildman–Crippen LogP) is 5.93. The number of nitrogens with one attached hydrogen (secondary N) is 1. The van der Waals surface area contributed by atoms with Crippen molar-refractivity contribution in [3.05, 3.63) is 75.6 Å². The Kier molecular flexibility index (Phi) is 6.80. The maximum absolute atomic E-state index is 12.1. The molecule has 0 radical (unpaired) electrons. The van der Waals surface area contributed by atoms with Gasteiger partial charge < -0.3 is 19.4 Å². The highest BCUT2D eigenvalue weighted by Gasteiger charge is 2.46. The predicted molar refractivity (Wildman–Crippen MR) is 154 cm³/mol. The Hall–Kier alpha value is -3.67. The second-order valence-corrected chi connectivity index (χ2v) is 12.1. The number of piperidine rings is 1. The summed E-state index contributed by atoms with van der Waals surface area (Å²) in [5.41, 5.74) is 9.22. The van der Waals surface area contributed by atoms with Gasteiger partial charge >= 0.3 is 6.09 Å². The van der Waals surface area contributed by atoms with Crippen LogP contribution in [0.15, 0.2) is 36.4 Å². The molecule has 2 saturated heterocycles. The van der Waals surface area contributed by atoms with E-state index in [1.54, 1.807) is 4.90 Å². The third-order valence-corrected chi connectivity index (χ3v) is 9.68. The lowest BCUT2D eigenvalue weighted by atomic mass is 9.77. The number of methoxy groups -OCH3 is 1. The Balaban J connectivity index is 1.09. The number of aromatic amines is 1. The van der Waals surface area contributed by atoms with Crippen LogP contribution in [-0.2, 0) is 22.4 Å². The lowest BCUT2D eigenvalue weighted by Gasteiger charge is -2.31. The summed E-state index contributed by atoms with van der Waals surface area (Å²) in [7, 11) is 1.43. The van der Waals surface area contributed by atoms with Crippen molar-refractivity contribution < 1.29 is 14.3 Å². The topological polar surface area (TPSA) is 97.8 Å². The largest absolute Gasteiger partial charge is 0.453 e. The molecule has 1 saturated carbocycles. The van der Waals surface area contributed by atoms with Crippen molar-refractivity contribution in [1.82, 2.24) is 19.8 Å². The molecule has 1 aromatic heterocycles. The van der Waals surface area contributed by atoms with E-state index in [2.05, 4.69) is 47.1 Å². The lowest BCUT2D eigenvalue weighted by Crippen LogP contribution is -2.35. The number of hydrogen-bond acceptors (Lipinski definition) is 6. The van der Waals surface area contributed by atoms with Crippen LogP contribution in [0.4, 0.5) is 4.79 Å². The average Bonchev–Trinajstić information content (AvgIpc) is 3.66. The Morgan fingerprint density at radius 1 is 1.07 bits per heavy atom. The molecule has 2 atom stereocenters. The first-order valence-electron chi connectivity index (χ1n) is 15.0. The molecule has 1 aliphatic carbocycles. The van der Waals surface area contributed by atoms with Crippen molar-refractivity contribution in [3.63, 3.8) is 0 Å². The van der Waals surface area contributed by atoms with Gasteiger partial charge in [0.25, 0.3) is 0 Å². The summed E-state index contributed by atoms with van der Waals surface area (Å²) in [6, 6.07) is 15.0. The van der Waals surface area contributed by atoms with Gasteiger partial charge in [0.05, 0.1) is 36.7 Å². The Morgan fingerprint density at radius 3 is 2.54 bits per heavy atom. The number of nitrogens with zero attached hydrogens (tertiary/aromatic N) is 4. The number of imidazole rings is 1. The molecule has 3 aromatic rings. The number of ether oxygens (including phenoxy) is 2. The van der Waals surface area contributed by atoms with Crippen molar-refractivity contribution in [2.75, 3.05) is 26.7 Å². The van der Waals surface area contributed by atoms with Gasteiger partial charge in [-0.15, -0.1) is 0 Å². The van der Waals surface area contributed by atoms with Gasteiger partial charge in [0.2, 0.25) is 0 Å². The average molecular weight is 552 g/mol. The van der Waals surface area contributed by atoms with E-state index in [-0.39, 0.29) is 18.4 Å². The minimum Gasteiger partial charge on any atom is -0.453 e. The minimum absolute atomic E-state index is 0.0788. The van der Waals surface area contributed by atoms with Crippen molar-refractivity contribution in [2.45, 2.75) is 76.2 Å². The number of rotatable bonds is 5. The number of benzene rings is 2. The normalized spacial score (nSPS) is 23.0. The zero-order valence-electron chi connectivity index (χ0n) is 23.9. The fourth-order valence-electron chi connectivity index (χ4n) is 6.95. The molecular formula is C33H37N5O3. The number of aryl methyl sites for hydroxylation is 1. The van der Waals surface area contributed by atoms with Crippen LogP contribution in [0, 0.1) is 18.3 Å². The number of likely N-dealkylation sites (tertiary alicyclic amines) is 1. The molecule has 8 heteroatoms. The standard InChI is InChI=1S/C33H37N5O3/c1-20-16-26(24-4-3-5-24)27(31-35-28-12-15-38(33(39)40-2)19-29(28)36-31)17-25(20)30-32(41-30)37-13-10-23(11-14-37)22-8-6-21(18-34)7-9-22/h6-9,16-17,23-24,30,32H,3-5,10-15,19H2,1-2H3,(H,35,36). The maximum atomic E-state index is 12.1. The van der Waals surface area contributed by atoms with Gasteiger partial charge in [-0.2, -0.15) is 5.26 Å². The highest BCUT2D eigenvalue weighted by Crippen LogP contribution is 2.48. The first-order chi connectivity index (χ1) is 20.0. The SMILES string of the molecule is COC(=O)N1CCc2nc(-c3cc(C4OC4N4CCC(c5ccc(C#N)cc5)CC4)c(C)cc3C3CCC3)[nH]c2C1. The summed E-state index contributed by atoms with van der Waals surface area (Å²) in [6.07, 6.45) is 6.56. The molecule has 4 heterocycles. The number of aromatic nitrogens is 2. The summed E-state index contributed by atoms with van der Waals surface area (Å²) in [5, 5.41) is 9.10. The zero-order valence-corrected chi connectivity index (χ0v) is 23.9. The van der Waals surface area contributed by atoms with Crippen LogP contribution in [0.25, 0.3) is 11.4 Å². The number of carbonyl (C=O) groups excluding carboxylic acids is 1. The second kappa shape index (κ2) is 10.6. The fraction of sp³-hybridized carbons (Fsp3) is 0.485. The zero-order chi connectivity index (χ0) is 28.1. The van der Waals surface area contributed by atoms with Gasteiger partial charge in [-0.25, -0.2) is 9.78 Å². The number of H-pyrrole nitrogens is 1. The van der Waals surface area contributed by atoms with E-state index in [1.807, 2.05) is 12.1 Å². The molecule has 4 aliphatic rings. The fourth-order valence-corrected chi connectivity index (χ4v) is 6.95. The summed E-state index contributed by atoms with van der Waals surface area (Å²) in [4.78, 5) is 25.0. The van der Waals surface area contributed by atoms with Gasteiger partial charge in [0.1, 0.15) is 18.2 Å². The quantitative estimate of drug-likeness (QED) is 0.395. The van der Waals surface area contributed by atoms with Gasteiger partial charge in [-0.05, 0) is 84.9 Å². The number of carbonyl (C=O) groups is 1. The number of epoxide rings is 1. The van der Waals surface area contributed by atoms with Crippen molar-refractivity contribution in [2.24, 2.45) is 0 Å². The van der Waals surface area contributed by atoms with Crippen molar-refractivity contribution in [1.29, 1.82) is 5.26 Å². The van der Waals surface area contributed by atoms with Crippen molar-refractivity contribution in [3.8, 4) is 17.5 Å². The minimum atomic E-state index is -0.294. The summed E-state index contributed by atoms with van der Waals surface area (Å²) < 4.78 is 11.3. The molecular weight excluding hydrogens is 514 g/mol. The first-order valence-corrected chi connectivity index (χ1v) is 15.0. The van der Waals surface area contributed by atoms with Crippen LogP contribution in [0.2, 0.25) is 0 Å². The van der Waals surface area contributed by atoms with Gasteiger partial charge in [0.15, 0.2) is 0 Å². The molecule has 7 rings (SSSR count). The molecule has 8 nitrogen and oxygen atoms in total. The van der Waals surface area contributed by atoms with E-state index in [0.717, 1.165) is 55.1 Å². The Morgan fingerprint density at radius 2 is 1.85 bits per heavy atom. The van der Waals surface area contributed by atoms with Crippen LogP contribution < -0.4 is 0 Å². The van der Waals surface area contributed by atoms with Gasteiger partial charge in [0, 0.05) is 31.6 Å². The summed E-state index contributed by atoms with van der Waals surface area (Å²) >= 11 is 0. The third kappa shape index (κ3) is 4.92. The summed E-state index contributed by atoms with van der Waals surface area (Å²) in [5.74, 6) is 2.01. The maximum Gasteiger partial charge on any atom is 0.409 e. The second-order valence-electron chi connectivity index (χ2n) is 12.1. The highest BCUT2D eigenvalue weighted by atomic mass is 16.6. The van der Waals surface area contributed by atoms with Gasteiger partial charge in [-0.1, -0.05) is 24.6 Å². The van der Waals surface area contributed by atoms with Crippen LogP contribution in [0.5, 0.6) is 0 Å². The molecule has 2 unspecified atom stereocenters. The van der Waals surface area contributed by atoms with Crippen LogP contribution in [0.3, 0.4) is 0 Å². The Bertz CT molecular complexity index is 1490.